The van der Waals surface area contributed by atoms with Crippen LogP contribution in [-0.4, -0.2) is 41.7 Å². The molecule has 0 aromatic carbocycles. The van der Waals surface area contributed by atoms with Crippen molar-refractivity contribution in [2.24, 2.45) is 5.92 Å². The molecule has 1 aliphatic rings. The van der Waals surface area contributed by atoms with Crippen LogP contribution in [0.1, 0.15) is 17.7 Å². The molecule has 1 aliphatic heterocycles. The first-order chi connectivity index (χ1) is 9.15. The highest BCUT2D eigenvalue weighted by molar-refractivity contribution is 5.76. The van der Waals surface area contributed by atoms with Crippen LogP contribution in [0, 0.1) is 12.8 Å². The molecule has 0 radical (unpaired) electrons. The lowest BCUT2D eigenvalue weighted by Gasteiger charge is -2.12. The van der Waals surface area contributed by atoms with Crippen molar-refractivity contribution < 1.29 is 9.90 Å². The molecule has 19 heavy (non-hydrogen) atoms. The zero-order valence-corrected chi connectivity index (χ0v) is 11.2. The van der Waals surface area contributed by atoms with Gasteiger partial charge in [-0.1, -0.05) is 6.07 Å². The highest BCUT2D eigenvalue weighted by Gasteiger charge is 2.26. The Hall–Kier alpha value is -1.46. The molecular formula is C14H21N3O2. The normalized spacial score (nSPS) is 22.4. The van der Waals surface area contributed by atoms with Crippen molar-refractivity contribution in [3.63, 3.8) is 0 Å². The number of aliphatic hydroxyl groups excluding tert-OH is 1. The highest BCUT2D eigenvalue weighted by Crippen LogP contribution is 2.12. The van der Waals surface area contributed by atoms with Gasteiger partial charge in [-0.25, -0.2) is 0 Å². The zero-order valence-electron chi connectivity index (χ0n) is 11.2. The minimum Gasteiger partial charge on any atom is -0.391 e. The smallest absolute Gasteiger partial charge is 0.220 e. The van der Waals surface area contributed by atoms with E-state index in [0.29, 0.717) is 19.5 Å². The van der Waals surface area contributed by atoms with E-state index < -0.39 is 6.10 Å². The van der Waals surface area contributed by atoms with E-state index in [4.69, 9.17) is 0 Å². The second-order valence-electron chi connectivity index (χ2n) is 5.10. The van der Waals surface area contributed by atoms with Crippen LogP contribution in [0.4, 0.5) is 0 Å². The number of β-amino-alcohol motifs (C(OH)–C–C–N with tert-alkyl or cyclic N) is 1. The molecule has 1 aromatic rings. The molecule has 0 saturated carbocycles. The number of pyridine rings is 1. The second-order valence-corrected chi connectivity index (χ2v) is 5.10. The predicted octanol–water partition coefficient (Wildman–Crippen LogP) is 0.0191. The largest absolute Gasteiger partial charge is 0.391 e. The summed E-state index contributed by atoms with van der Waals surface area (Å²) in [6.45, 7) is 3.87. The van der Waals surface area contributed by atoms with E-state index in [9.17, 15) is 9.90 Å². The first-order valence-electron chi connectivity index (χ1n) is 6.72. The molecule has 104 valence electrons. The summed E-state index contributed by atoms with van der Waals surface area (Å²) in [7, 11) is 0. The van der Waals surface area contributed by atoms with Crippen molar-refractivity contribution in [1.29, 1.82) is 0 Å². The van der Waals surface area contributed by atoms with Gasteiger partial charge < -0.3 is 15.7 Å². The number of aliphatic hydroxyl groups is 1. The van der Waals surface area contributed by atoms with Gasteiger partial charge >= 0.3 is 0 Å². The number of rotatable bonds is 5. The third-order valence-corrected chi connectivity index (χ3v) is 3.46. The van der Waals surface area contributed by atoms with Crippen LogP contribution in [0.15, 0.2) is 18.3 Å². The quantitative estimate of drug-likeness (QED) is 0.700. The van der Waals surface area contributed by atoms with Crippen molar-refractivity contribution in [2.75, 3.05) is 19.6 Å². The molecule has 0 bridgehead atoms. The van der Waals surface area contributed by atoms with Crippen molar-refractivity contribution >= 4 is 5.91 Å². The Labute approximate surface area is 113 Å². The molecule has 2 rings (SSSR count). The summed E-state index contributed by atoms with van der Waals surface area (Å²) in [4.78, 5) is 15.9. The number of nitrogens with one attached hydrogen (secondary N) is 2. The van der Waals surface area contributed by atoms with Crippen LogP contribution < -0.4 is 10.6 Å². The molecule has 1 saturated heterocycles. The van der Waals surface area contributed by atoms with Gasteiger partial charge in [0.25, 0.3) is 0 Å². The number of hydrogen-bond acceptors (Lipinski definition) is 4. The maximum Gasteiger partial charge on any atom is 0.220 e. The molecule has 5 nitrogen and oxygen atoms in total. The average Bonchev–Trinajstić information content (AvgIpc) is 2.78. The number of hydrogen-bond donors (Lipinski definition) is 3. The van der Waals surface area contributed by atoms with Gasteiger partial charge in [0.15, 0.2) is 0 Å². The van der Waals surface area contributed by atoms with Crippen LogP contribution in [0.25, 0.3) is 0 Å². The third-order valence-electron chi connectivity index (χ3n) is 3.46. The highest BCUT2D eigenvalue weighted by atomic mass is 16.3. The monoisotopic (exact) mass is 263 g/mol. The van der Waals surface area contributed by atoms with Gasteiger partial charge in [0, 0.05) is 43.9 Å². The summed E-state index contributed by atoms with van der Waals surface area (Å²) < 4.78 is 0. The molecular weight excluding hydrogens is 242 g/mol. The second kappa shape index (κ2) is 6.63. The average molecular weight is 263 g/mol. The number of amides is 1. The summed E-state index contributed by atoms with van der Waals surface area (Å²) in [6, 6.07) is 4.00. The molecule has 0 unspecified atom stereocenters. The van der Waals surface area contributed by atoms with Crippen molar-refractivity contribution in [3.8, 4) is 0 Å². The van der Waals surface area contributed by atoms with E-state index in [1.54, 1.807) is 0 Å². The van der Waals surface area contributed by atoms with Crippen LogP contribution in [-0.2, 0) is 11.2 Å². The van der Waals surface area contributed by atoms with Crippen LogP contribution in [0.5, 0.6) is 0 Å². The van der Waals surface area contributed by atoms with Gasteiger partial charge in [-0.3, -0.25) is 9.78 Å². The molecule has 2 atom stereocenters. The number of aromatic nitrogens is 1. The maximum atomic E-state index is 11.7. The minimum absolute atomic E-state index is 0.00724. The van der Waals surface area contributed by atoms with Gasteiger partial charge in [-0.2, -0.15) is 0 Å². The standard InChI is InChI=1S/C14H21N3O2/c1-10-2-3-11(7-17-10)4-5-16-14(19)6-12-8-15-9-13(12)18/h2-3,7,12-13,15,18H,4-6,8-9H2,1H3,(H,16,19)/t12-,13-/m1/s1. The number of nitrogens with zero attached hydrogens (tertiary/aromatic N) is 1. The SMILES string of the molecule is Cc1ccc(CCNC(=O)C[C@@H]2CNC[C@H]2O)cn1. The molecule has 1 aromatic heterocycles. The van der Waals surface area contributed by atoms with E-state index in [0.717, 1.165) is 24.2 Å². The Morgan fingerprint density at radius 1 is 1.53 bits per heavy atom. The number of carbonyl (C=O) groups is 1. The molecule has 1 amide bonds. The van der Waals surface area contributed by atoms with Gasteiger partial charge in [-0.15, -0.1) is 0 Å². The number of aryl methyl sites for hydroxylation is 1. The number of carbonyl (C=O) groups excluding carboxylic acids is 1. The fourth-order valence-corrected chi connectivity index (χ4v) is 2.23. The summed E-state index contributed by atoms with van der Waals surface area (Å²) in [6.07, 6.45) is 2.61. The maximum absolute atomic E-state index is 11.7. The molecule has 2 heterocycles. The first kappa shape index (κ1) is 14.0. The Morgan fingerprint density at radius 2 is 2.37 bits per heavy atom. The molecule has 0 aliphatic carbocycles. The summed E-state index contributed by atoms with van der Waals surface area (Å²) in [5.74, 6) is 0.0499. The Bertz CT molecular complexity index is 419. The van der Waals surface area contributed by atoms with E-state index in [-0.39, 0.29) is 11.8 Å². The van der Waals surface area contributed by atoms with Crippen LogP contribution in [0.2, 0.25) is 0 Å². The van der Waals surface area contributed by atoms with Gasteiger partial charge in [0.2, 0.25) is 5.91 Å². The van der Waals surface area contributed by atoms with Gasteiger partial charge in [-0.05, 0) is 25.0 Å². The van der Waals surface area contributed by atoms with Crippen LogP contribution >= 0.6 is 0 Å². The summed E-state index contributed by atoms with van der Waals surface area (Å²) in [5.41, 5.74) is 2.11. The fraction of sp³-hybridized carbons (Fsp3) is 0.571. The van der Waals surface area contributed by atoms with E-state index in [1.165, 1.54) is 0 Å². The molecule has 0 spiro atoms. The Balaban J connectivity index is 1.67. The van der Waals surface area contributed by atoms with Crippen molar-refractivity contribution in [3.05, 3.63) is 29.6 Å². The molecule has 1 fully saturated rings. The minimum atomic E-state index is -0.396. The van der Waals surface area contributed by atoms with Crippen molar-refractivity contribution in [2.45, 2.75) is 25.9 Å². The predicted molar refractivity (Wildman–Crippen MR) is 72.7 cm³/mol. The fourth-order valence-electron chi connectivity index (χ4n) is 2.23. The topological polar surface area (TPSA) is 74.2 Å². The van der Waals surface area contributed by atoms with Crippen molar-refractivity contribution in [1.82, 2.24) is 15.6 Å². The summed E-state index contributed by atoms with van der Waals surface area (Å²) >= 11 is 0. The van der Waals surface area contributed by atoms with Gasteiger partial charge in [0.1, 0.15) is 0 Å². The molecule has 3 N–H and O–H groups in total. The lowest BCUT2D eigenvalue weighted by Crippen LogP contribution is -2.30. The van der Waals surface area contributed by atoms with Crippen LogP contribution in [0.3, 0.4) is 0 Å². The molecule has 5 heteroatoms. The van der Waals surface area contributed by atoms with E-state index in [1.807, 2.05) is 25.3 Å². The van der Waals surface area contributed by atoms with E-state index in [2.05, 4.69) is 15.6 Å². The van der Waals surface area contributed by atoms with Gasteiger partial charge in [0.05, 0.1) is 6.10 Å². The van der Waals surface area contributed by atoms with E-state index >= 15 is 0 Å². The zero-order chi connectivity index (χ0) is 13.7. The third kappa shape index (κ3) is 4.29. The lowest BCUT2D eigenvalue weighted by molar-refractivity contribution is -0.122. The Morgan fingerprint density at radius 3 is 3.00 bits per heavy atom. The summed E-state index contributed by atoms with van der Waals surface area (Å²) in [5, 5.41) is 15.6. The first-order valence-corrected chi connectivity index (χ1v) is 6.72. The Kier molecular flexibility index (Phi) is 4.87. The lowest BCUT2D eigenvalue weighted by atomic mass is 10.0.